The summed E-state index contributed by atoms with van der Waals surface area (Å²) in [6.07, 6.45) is 64.2. The Kier molecular flexibility index (Phi) is 52.3. The Morgan fingerprint density at radius 1 is 0.292 bits per heavy atom. The Morgan fingerprint density at radius 3 is 0.815 bits per heavy atom. The molecule has 0 heterocycles. The second-order valence-corrected chi connectivity index (χ2v) is 19.2. The molecule has 0 aliphatic rings. The van der Waals surface area contributed by atoms with Gasteiger partial charge in [0.1, 0.15) is 13.2 Å². The Balaban J connectivity index is 4.29. The highest BCUT2D eigenvalue weighted by Gasteiger charge is 2.19. The number of allylic oxidation sites excluding steroid dienone is 6. The van der Waals surface area contributed by atoms with Crippen molar-refractivity contribution in [3.8, 4) is 0 Å². The number of hydrogen-bond acceptors (Lipinski definition) is 6. The molecule has 0 aromatic rings. The SMILES string of the molecule is CCCC/C=C\CCCCCCCC(=O)OCC(COC(=O)CCCCCCCCCCC/C=C\CCCCCCCCCC)OC(=O)CCCCCCC/C=C\CCCCCCCC. The molecule has 0 saturated carbocycles. The maximum absolute atomic E-state index is 12.8. The summed E-state index contributed by atoms with van der Waals surface area (Å²) in [5, 5.41) is 0. The molecule has 65 heavy (non-hydrogen) atoms. The average Bonchev–Trinajstić information content (AvgIpc) is 3.30. The second kappa shape index (κ2) is 54.2. The lowest BCUT2D eigenvalue weighted by Crippen LogP contribution is -2.30. The molecule has 6 nitrogen and oxygen atoms in total. The van der Waals surface area contributed by atoms with Gasteiger partial charge in [0, 0.05) is 19.3 Å². The third-order valence-corrected chi connectivity index (χ3v) is 12.6. The number of carbonyl (C=O) groups excluding carboxylic acids is 3. The van der Waals surface area contributed by atoms with E-state index in [1.807, 2.05) is 0 Å². The first-order valence-electron chi connectivity index (χ1n) is 28.5. The predicted molar refractivity (Wildman–Crippen MR) is 279 cm³/mol. The van der Waals surface area contributed by atoms with E-state index in [1.54, 1.807) is 0 Å². The third kappa shape index (κ3) is 52.5. The summed E-state index contributed by atoms with van der Waals surface area (Å²) in [7, 11) is 0. The van der Waals surface area contributed by atoms with E-state index in [0.717, 1.165) is 70.6 Å². The van der Waals surface area contributed by atoms with Gasteiger partial charge in [-0.15, -0.1) is 0 Å². The van der Waals surface area contributed by atoms with Crippen molar-refractivity contribution >= 4 is 17.9 Å². The summed E-state index contributed by atoms with van der Waals surface area (Å²) < 4.78 is 16.8. The highest BCUT2D eigenvalue weighted by Crippen LogP contribution is 2.16. The molecule has 0 aliphatic carbocycles. The number of rotatable bonds is 52. The molecule has 0 N–H and O–H groups in total. The van der Waals surface area contributed by atoms with Gasteiger partial charge in [0.15, 0.2) is 6.10 Å². The number of ether oxygens (including phenoxy) is 3. The summed E-state index contributed by atoms with van der Waals surface area (Å²) in [5.41, 5.74) is 0. The normalized spacial score (nSPS) is 12.2. The van der Waals surface area contributed by atoms with E-state index in [0.29, 0.717) is 19.3 Å². The van der Waals surface area contributed by atoms with Gasteiger partial charge < -0.3 is 14.2 Å². The molecule has 1 unspecified atom stereocenters. The van der Waals surface area contributed by atoms with Crippen molar-refractivity contribution in [2.24, 2.45) is 0 Å². The maximum Gasteiger partial charge on any atom is 0.306 e. The van der Waals surface area contributed by atoms with E-state index in [-0.39, 0.29) is 31.1 Å². The lowest BCUT2D eigenvalue weighted by molar-refractivity contribution is -0.167. The molecule has 0 aliphatic heterocycles. The maximum atomic E-state index is 12.8. The van der Waals surface area contributed by atoms with Crippen molar-refractivity contribution in [3.63, 3.8) is 0 Å². The highest BCUT2D eigenvalue weighted by molar-refractivity contribution is 5.71. The molecule has 380 valence electrons. The van der Waals surface area contributed by atoms with Crippen LogP contribution in [0.4, 0.5) is 0 Å². The molecular weight excluding hydrogens is 805 g/mol. The van der Waals surface area contributed by atoms with Gasteiger partial charge in [-0.05, 0) is 89.9 Å². The second-order valence-electron chi connectivity index (χ2n) is 19.2. The van der Waals surface area contributed by atoms with Crippen molar-refractivity contribution in [3.05, 3.63) is 36.5 Å². The summed E-state index contributed by atoms with van der Waals surface area (Å²) in [6, 6.07) is 0. The van der Waals surface area contributed by atoms with E-state index < -0.39 is 6.10 Å². The van der Waals surface area contributed by atoms with Crippen LogP contribution in [0.2, 0.25) is 0 Å². The summed E-state index contributed by atoms with van der Waals surface area (Å²) >= 11 is 0. The van der Waals surface area contributed by atoms with Crippen molar-refractivity contribution in [2.75, 3.05) is 13.2 Å². The Morgan fingerprint density at radius 2 is 0.523 bits per heavy atom. The molecule has 0 rings (SSSR count). The average molecular weight is 914 g/mol. The summed E-state index contributed by atoms with van der Waals surface area (Å²) in [5.74, 6) is -0.885. The molecular formula is C59H108O6. The number of carbonyl (C=O) groups is 3. The molecule has 0 saturated heterocycles. The van der Waals surface area contributed by atoms with Crippen LogP contribution in [0, 0.1) is 0 Å². The van der Waals surface area contributed by atoms with Crippen LogP contribution in [0.15, 0.2) is 36.5 Å². The minimum Gasteiger partial charge on any atom is -0.462 e. The van der Waals surface area contributed by atoms with E-state index in [1.165, 1.54) is 193 Å². The van der Waals surface area contributed by atoms with Crippen LogP contribution in [0.3, 0.4) is 0 Å². The van der Waals surface area contributed by atoms with E-state index in [4.69, 9.17) is 14.2 Å². The van der Waals surface area contributed by atoms with E-state index in [9.17, 15) is 14.4 Å². The predicted octanol–water partition coefficient (Wildman–Crippen LogP) is 18.9. The standard InChI is InChI=1S/C59H108O6/c1-4-7-10-13-16-19-22-24-26-27-28-29-30-31-33-34-37-40-43-46-49-52-58(61)64-55-56(54-63-57(60)51-48-45-42-39-36-21-18-15-12-9-6-3)65-59(62)53-50-47-44-41-38-35-32-25-23-20-17-14-11-8-5-2/h15,18,25,27-28,32,56H,4-14,16-17,19-24,26,29-31,33-55H2,1-3H3/b18-15-,28-27-,32-25-. The van der Waals surface area contributed by atoms with Crippen molar-refractivity contribution in [1.82, 2.24) is 0 Å². The molecule has 0 bridgehead atoms. The molecule has 6 heteroatoms. The van der Waals surface area contributed by atoms with Gasteiger partial charge in [0.05, 0.1) is 0 Å². The van der Waals surface area contributed by atoms with Crippen LogP contribution in [0.25, 0.3) is 0 Å². The largest absolute Gasteiger partial charge is 0.462 e. The van der Waals surface area contributed by atoms with Crippen molar-refractivity contribution < 1.29 is 28.6 Å². The van der Waals surface area contributed by atoms with Gasteiger partial charge in [0.2, 0.25) is 0 Å². The van der Waals surface area contributed by atoms with Crippen LogP contribution in [0.5, 0.6) is 0 Å². The molecule has 0 radical (unpaired) electrons. The van der Waals surface area contributed by atoms with Gasteiger partial charge in [0.25, 0.3) is 0 Å². The van der Waals surface area contributed by atoms with Crippen LogP contribution in [0.1, 0.15) is 303 Å². The third-order valence-electron chi connectivity index (χ3n) is 12.6. The lowest BCUT2D eigenvalue weighted by atomic mass is 10.1. The first-order chi connectivity index (χ1) is 32.0. The van der Waals surface area contributed by atoms with Gasteiger partial charge >= 0.3 is 17.9 Å². The summed E-state index contributed by atoms with van der Waals surface area (Å²) in [4.78, 5) is 38.0. The zero-order chi connectivity index (χ0) is 47.2. The van der Waals surface area contributed by atoms with Crippen LogP contribution >= 0.6 is 0 Å². The Labute approximate surface area is 404 Å². The molecule has 0 aromatic heterocycles. The zero-order valence-corrected chi connectivity index (χ0v) is 43.5. The van der Waals surface area contributed by atoms with Gasteiger partial charge in [-0.2, -0.15) is 0 Å². The Hall–Kier alpha value is -2.37. The minimum atomic E-state index is -0.778. The first kappa shape index (κ1) is 62.6. The van der Waals surface area contributed by atoms with Crippen LogP contribution < -0.4 is 0 Å². The minimum absolute atomic E-state index is 0.0772. The number of unbranched alkanes of at least 4 members (excludes halogenated alkanes) is 35. The highest BCUT2D eigenvalue weighted by atomic mass is 16.6. The molecule has 0 amide bonds. The van der Waals surface area contributed by atoms with Crippen LogP contribution in [-0.4, -0.2) is 37.2 Å². The molecule has 1 atom stereocenters. The van der Waals surface area contributed by atoms with E-state index in [2.05, 4.69) is 57.2 Å². The topological polar surface area (TPSA) is 78.9 Å². The van der Waals surface area contributed by atoms with Crippen molar-refractivity contribution in [2.45, 2.75) is 309 Å². The zero-order valence-electron chi connectivity index (χ0n) is 43.5. The van der Waals surface area contributed by atoms with Gasteiger partial charge in [-0.1, -0.05) is 231 Å². The number of hydrogen-bond donors (Lipinski definition) is 0. The smallest absolute Gasteiger partial charge is 0.306 e. The first-order valence-corrected chi connectivity index (χ1v) is 28.5. The quantitative estimate of drug-likeness (QED) is 0.0262. The lowest BCUT2D eigenvalue weighted by Gasteiger charge is -2.18. The van der Waals surface area contributed by atoms with E-state index >= 15 is 0 Å². The number of esters is 3. The van der Waals surface area contributed by atoms with Crippen molar-refractivity contribution in [1.29, 1.82) is 0 Å². The molecule has 0 aromatic carbocycles. The Bertz CT molecular complexity index is 1090. The molecule has 0 fully saturated rings. The molecule has 0 spiro atoms. The fourth-order valence-electron chi connectivity index (χ4n) is 8.24. The van der Waals surface area contributed by atoms with Crippen LogP contribution in [-0.2, 0) is 28.6 Å². The summed E-state index contributed by atoms with van der Waals surface area (Å²) in [6.45, 7) is 6.61. The van der Waals surface area contributed by atoms with Gasteiger partial charge in [-0.25, -0.2) is 0 Å². The van der Waals surface area contributed by atoms with Gasteiger partial charge in [-0.3, -0.25) is 14.4 Å². The monoisotopic (exact) mass is 913 g/mol. The fourth-order valence-corrected chi connectivity index (χ4v) is 8.24. The fraction of sp³-hybridized carbons (Fsp3) is 0.847.